The minimum Gasteiger partial charge on any atom is -0.325 e. The second-order valence-electron chi connectivity index (χ2n) is 5.27. The fourth-order valence-corrected chi connectivity index (χ4v) is 3.62. The number of benzene rings is 2. The van der Waals surface area contributed by atoms with Gasteiger partial charge < -0.3 is 5.32 Å². The van der Waals surface area contributed by atoms with Crippen molar-refractivity contribution in [3.05, 3.63) is 57.6 Å². The van der Waals surface area contributed by atoms with Crippen LogP contribution in [0.15, 0.2) is 41.3 Å². The van der Waals surface area contributed by atoms with Gasteiger partial charge in [0, 0.05) is 5.69 Å². The molecule has 0 aliphatic heterocycles. The van der Waals surface area contributed by atoms with Gasteiger partial charge in [-0.2, -0.15) is 0 Å². The van der Waals surface area contributed by atoms with E-state index in [0.29, 0.717) is 21.3 Å². The van der Waals surface area contributed by atoms with Gasteiger partial charge in [0.25, 0.3) is 0 Å². The Morgan fingerprint density at radius 3 is 2.42 bits per heavy atom. The van der Waals surface area contributed by atoms with Gasteiger partial charge in [-0.25, -0.2) is 13.1 Å². The molecule has 0 fully saturated rings. The van der Waals surface area contributed by atoms with E-state index in [9.17, 15) is 13.2 Å². The molecule has 0 bridgehead atoms. The Hall–Kier alpha value is -1.60. The average molecular weight is 387 g/mol. The molecule has 0 aliphatic carbocycles. The first kappa shape index (κ1) is 18.7. The zero-order valence-electron chi connectivity index (χ0n) is 13.1. The quantitative estimate of drug-likeness (QED) is 0.824. The Morgan fingerprint density at radius 2 is 1.75 bits per heavy atom. The number of amides is 1. The highest BCUT2D eigenvalue weighted by Gasteiger charge is 2.18. The van der Waals surface area contributed by atoms with Crippen LogP contribution in [0.25, 0.3) is 0 Å². The monoisotopic (exact) mass is 386 g/mol. The second kappa shape index (κ2) is 7.53. The molecule has 2 aromatic carbocycles. The first-order valence-electron chi connectivity index (χ1n) is 7.01. The lowest BCUT2D eigenvalue weighted by Gasteiger charge is -2.11. The maximum atomic E-state index is 12.3. The summed E-state index contributed by atoms with van der Waals surface area (Å²) in [5, 5.41) is 3.21. The summed E-state index contributed by atoms with van der Waals surface area (Å²) in [5.41, 5.74) is 1.86. The van der Waals surface area contributed by atoms with Gasteiger partial charge >= 0.3 is 0 Å². The number of sulfonamides is 1. The number of anilines is 1. The van der Waals surface area contributed by atoms with Crippen molar-refractivity contribution in [3.63, 3.8) is 0 Å². The normalized spacial score (nSPS) is 11.3. The largest absolute Gasteiger partial charge is 0.325 e. The highest BCUT2D eigenvalue weighted by atomic mass is 35.5. The Kier molecular flexibility index (Phi) is 5.87. The van der Waals surface area contributed by atoms with E-state index in [4.69, 9.17) is 23.2 Å². The van der Waals surface area contributed by atoms with Gasteiger partial charge in [0.2, 0.25) is 15.9 Å². The van der Waals surface area contributed by atoms with Crippen molar-refractivity contribution in [2.75, 3.05) is 11.9 Å². The topological polar surface area (TPSA) is 75.3 Å². The Morgan fingerprint density at radius 1 is 1.04 bits per heavy atom. The fourth-order valence-electron chi connectivity index (χ4n) is 2.01. The molecule has 0 aliphatic rings. The zero-order chi connectivity index (χ0) is 17.9. The van der Waals surface area contributed by atoms with Gasteiger partial charge in [0.15, 0.2) is 0 Å². The summed E-state index contributed by atoms with van der Waals surface area (Å²) in [4.78, 5) is 12.1. The van der Waals surface area contributed by atoms with Crippen LogP contribution in [0.2, 0.25) is 10.0 Å². The molecular formula is C16H16Cl2N2O3S. The number of nitrogens with one attached hydrogen (secondary N) is 2. The number of hydrogen-bond acceptors (Lipinski definition) is 3. The standard InChI is InChI=1S/C16H16Cl2N2O3S/c1-10-3-4-11(2)15(7-10)24(22,23)19-9-16(21)20-12-5-6-13(17)14(18)8-12/h3-8,19H,9H2,1-2H3,(H,20,21). The Labute approximate surface area is 151 Å². The predicted molar refractivity (Wildman–Crippen MR) is 96.2 cm³/mol. The third-order valence-electron chi connectivity index (χ3n) is 3.26. The molecule has 5 nitrogen and oxygen atoms in total. The molecule has 1 amide bonds. The summed E-state index contributed by atoms with van der Waals surface area (Å²) in [6, 6.07) is 9.71. The Bertz CT molecular complexity index is 883. The lowest BCUT2D eigenvalue weighted by Crippen LogP contribution is -2.33. The van der Waals surface area contributed by atoms with Crippen molar-refractivity contribution in [3.8, 4) is 0 Å². The van der Waals surface area contributed by atoms with Gasteiger partial charge in [-0.05, 0) is 49.2 Å². The molecule has 0 atom stereocenters. The van der Waals surface area contributed by atoms with Crippen LogP contribution in [-0.4, -0.2) is 20.9 Å². The van der Waals surface area contributed by atoms with E-state index in [0.717, 1.165) is 5.56 Å². The van der Waals surface area contributed by atoms with Crippen molar-refractivity contribution < 1.29 is 13.2 Å². The highest BCUT2D eigenvalue weighted by Crippen LogP contribution is 2.25. The third kappa shape index (κ3) is 4.70. The SMILES string of the molecule is Cc1ccc(C)c(S(=O)(=O)NCC(=O)Nc2ccc(Cl)c(Cl)c2)c1. The lowest BCUT2D eigenvalue weighted by molar-refractivity contribution is -0.115. The van der Waals surface area contributed by atoms with Crippen molar-refractivity contribution in [2.24, 2.45) is 0 Å². The van der Waals surface area contributed by atoms with Crippen molar-refractivity contribution >= 4 is 44.8 Å². The van der Waals surface area contributed by atoms with Gasteiger partial charge in [0.1, 0.15) is 0 Å². The van der Waals surface area contributed by atoms with E-state index in [1.807, 2.05) is 6.07 Å². The van der Waals surface area contributed by atoms with E-state index in [-0.39, 0.29) is 4.90 Å². The number of aryl methyl sites for hydroxylation is 2. The summed E-state index contributed by atoms with van der Waals surface area (Å²) in [5.74, 6) is -0.512. The molecule has 0 heterocycles. The van der Waals surface area contributed by atoms with Crippen LogP contribution >= 0.6 is 23.2 Å². The molecule has 0 aromatic heterocycles. The molecule has 2 rings (SSSR count). The first-order valence-corrected chi connectivity index (χ1v) is 9.25. The molecule has 8 heteroatoms. The van der Waals surface area contributed by atoms with Crippen molar-refractivity contribution in [1.29, 1.82) is 0 Å². The Balaban J connectivity index is 2.05. The van der Waals surface area contributed by atoms with Crippen molar-refractivity contribution in [2.45, 2.75) is 18.7 Å². The minimum atomic E-state index is -3.77. The van der Waals surface area contributed by atoms with Crippen LogP contribution in [0.5, 0.6) is 0 Å². The number of carbonyl (C=O) groups is 1. The van der Waals surface area contributed by atoms with E-state index >= 15 is 0 Å². The molecular weight excluding hydrogens is 371 g/mol. The molecule has 24 heavy (non-hydrogen) atoms. The predicted octanol–water partition coefficient (Wildman–Crippen LogP) is 3.53. The van der Waals surface area contributed by atoms with E-state index in [1.54, 1.807) is 38.1 Å². The van der Waals surface area contributed by atoms with Crippen LogP contribution < -0.4 is 10.0 Å². The van der Waals surface area contributed by atoms with E-state index in [2.05, 4.69) is 10.0 Å². The van der Waals surface area contributed by atoms with Crippen molar-refractivity contribution in [1.82, 2.24) is 4.72 Å². The van der Waals surface area contributed by atoms with Gasteiger partial charge in [-0.3, -0.25) is 4.79 Å². The maximum Gasteiger partial charge on any atom is 0.241 e. The average Bonchev–Trinajstić information content (AvgIpc) is 2.51. The lowest BCUT2D eigenvalue weighted by atomic mass is 10.2. The zero-order valence-corrected chi connectivity index (χ0v) is 15.4. The molecule has 0 saturated heterocycles. The van der Waals surface area contributed by atoms with E-state index in [1.165, 1.54) is 6.07 Å². The molecule has 0 saturated carbocycles. The third-order valence-corrected chi connectivity index (χ3v) is 5.54. The smallest absolute Gasteiger partial charge is 0.241 e. The molecule has 2 aromatic rings. The summed E-state index contributed by atoms with van der Waals surface area (Å²) >= 11 is 11.7. The number of carbonyl (C=O) groups excluding carboxylic acids is 1. The fraction of sp³-hybridized carbons (Fsp3) is 0.188. The van der Waals surface area contributed by atoms with Gasteiger partial charge in [0.05, 0.1) is 21.5 Å². The summed E-state index contributed by atoms with van der Waals surface area (Å²) in [6.45, 7) is 3.11. The minimum absolute atomic E-state index is 0.157. The number of hydrogen-bond donors (Lipinski definition) is 2. The summed E-state index contributed by atoms with van der Waals surface area (Å²) in [7, 11) is -3.77. The van der Waals surface area contributed by atoms with Crippen LogP contribution in [0.3, 0.4) is 0 Å². The molecule has 0 radical (unpaired) electrons. The van der Waals surface area contributed by atoms with Crippen LogP contribution in [0.4, 0.5) is 5.69 Å². The van der Waals surface area contributed by atoms with Crippen LogP contribution in [0, 0.1) is 13.8 Å². The molecule has 0 unspecified atom stereocenters. The molecule has 128 valence electrons. The van der Waals surface area contributed by atoms with Crippen LogP contribution in [-0.2, 0) is 14.8 Å². The number of rotatable bonds is 5. The van der Waals surface area contributed by atoms with Gasteiger partial charge in [-0.1, -0.05) is 35.3 Å². The molecule has 0 spiro atoms. The van der Waals surface area contributed by atoms with Gasteiger partial charge in [-0.15, -0.1) is 0 Å². The second-order valence-corrected chi connectivity index (χ2v) is 7.82. The summed E-state index contributed by atoms with van der Waals surface area (Å²) < 4.78 is 27.0. The maximum absolute atomic E-state index is 12.3. The first-order chi connectivity index (χ1) is 11.2. The summed E-state index contributed by atoms with van der Waals surface area (Å²) in [6.07, 6.45) is 0. The highest BCUT2D eigenvalue weighted by molar-refractivity contribution is 7.89. The van der Waals surface area contributed by atoms with E-state index < -0.39 is 22.5 Å². The molecule has 2 N–H and O–H groups in total. The number of halogens is 2. The van der Waals surface area contributed by atoms with Crippen LogP contribution in [0.1, 0.15) is 11.1 Å².